The lowest BCUT2D eigenvalue weighted by Crippen LogP contribution is -2.20. The van der Waals surface area contributed by atoms with Gasteiger partial charge in [0, 0.05) is 12.6 Å². The number of rotatable bonds is 2. The molecule has 1 aromatic rings. The summed E-state index contributed by atoms with van der Waals surface area (Å²) in [5.74, 6) is 0.633. The molecule has 1 aromatic heterocycles. The summed E-state index contributed by atoms with van der Waals surface area (Å²) in [4.78, 5) is 0. The summed E-state index contributed by atoms with van der Waals surface area (Å²) in [5, 5.41) is 11.0. The molecule has 1 N–H and O–H groups in total. The van der Waals surface area contributed by atoms with Crippen molar-refractivity contribution in [2.24, 2.45) is 0 Å². The third-order valence-corrected chi connectivity index (χ3v) is 2.07. The molecule has 13 heavy (non-hydrogen) atoms. The Kier molecular flexibility index (Phi) is 2.40. The predicted molar refractivity (Wildman–Crippen MR) is 48.7 cm³/mol. The minimum absolute atomic E-state index is 0.260. The van der Waals surface area contributed by atoms with Crippen LogP contribution in [-0.4, -0.2) is 29.4 Å². The van der Waals surface area contributed by atoms with Crippen LogP contribution >= 0.6 is 0 Å². The largest absolute Gasteiger partial charge is 0.472 e. The Morgan fingerprint density at radius 3 is 3.23 bits per heavy atom. The third kappa shape index (κ3) is 2.15. The number of aryl methyl sites for hydroxylation is 1. The van der Waals surface area contributed by atoms with Gasteiger partial charge in [-0.25, -0.2) is 0 Å². The van der Waals surface area contributed by atoms with E-state index in [-0.39, 0.29) is 6.10 Å². The Hall–Kier alpha value is -1.16. The van der Waals surface area contributed by atoms with E-state index in [9.17, 15) is 0 Å². The molecule has 1 unspecified atom stereocenters. The first-order valence-corrected chi connectivity index (χ1v) is 4.51. The van der Waals surface area contributed by atoms with Crippen molar-refractivity contribution in [3.8, 4) is 5.88 Å². The Bertz CT molecular complexity index is 284. The summed E-state index contributed by atoms with van der Waals surface area (Å²) < 4.78 is 5.62. The Morgan fingerprint density at radius 1 is 1.62 bits per heavy atom. The molecule has 4 heteroatoms. The molecule has 1 fully saturated rings. The molecule has 1 aliphatic heterocycles. The first-order chi connectivity index (χ1) is 6.34. The van der Waals surface area contributed by atoms with Gasteiger partial charge in [0.25, 0.3) is 0 Å². The van der Waals surface area contributed by atoms with E-state index in [0.29, 0.717) is 5.88 Å². The van der Waals surface area contributed by atoms with E-state index in [2.05, 4.69) is 15.5 Å². The molecule has 1 aliphatic rings. The lowest BCUT2D eigenvalue weighted by molar-refractivity contribution is 0.211. The number of hydrogen-bond acceptors (Lipinski definition) is 4. The van der Waals surface area contributed by atoms with E-state index in [4.69, 9.17) is 4.74 Å². The van der Waals surface area contributed by atoms with Crippen molar-refractivity contribution in [1.29, 1.82) is 0 Å². The van der Waals surface area contributed by atoms with Crippen molar-refractivity contribution in [1.82, 2.24) is 15.5 Å². The van der Waals surface area contributed by atoms with E-state index in [1.807, 2.05) is 13.0 Å². The van der Waals surface area contributed by atoms with Gasteiger partial charge in [0.05, 0.1) is 6.20 Å². The minimum Gasteiger partial charge on any atom is -0.472 e. The van der Waals surface area contributed by atoms with E-state index in [1.165, 1.54) is 0 Å². The van der Waals surface area contributed by atoms with Crippen LogP contribution in [0.15, 0.2) is 12.3 Å². The summed E-state index contributed by atoms with van der Waals surface area (Å²) in [7, 11) is 0. The predicted octanol–water partition coefficient (Wildman–Crippen LogP) is 0.526. The van der Waals surface area contributed by atoms with Gasteiger partial charge in [0.2, 0.25) is 5.88 Å². The second kappa shape index (κ2) is 3.70. The van der Waals surface area contributed by atoms with Crippen molar-refractivity contribution in [2.45, 2.75) is 19.4 Å². The van der Waals surface area contributed by atoms with Gasteiger partial charge in [-0.05, 0) is 25.5 Å². The highest BCUT2D eigenvalue weighted by molar-refractivity contribution is 5.15. The van der Waals surface area contributed by atoms with E-state index >= 15 is 0 Å². The number of hydrogen-bond donors (Lipinski definition) is 1. The summed E-state index contributed by atoms with van der Waals surface area (Å²) >= 11 is 0. The lowest BCUT2D eigenvalue weighted by atomic mass is 10.3. The number of nitrogens with zero attached hydrogens (tertiary/aromatic N) is 2. The fraction of sp³-hybridized carbons (Fsp3) is 0.556. The number of ether oxygens (including phenoxy) is 1. The van der Waals surface area contributed by atoms with Crippen molar-refractivity contribution in [3.05, 3.63) is 17.8 Å². The Labute approximate surface area is 77.3 Å². The second-order valence-electron chi connectivity index (χ2n) is 3.30. The molecule has 0 aromatic carbocycles. The van der Waals surface area contributed by atoms with Crippen LogP contribution in [0.4, 0.5) is 0 Å². The normalized spacial score (nSPS) is 21.8. The van der Waals surface area contributed by atoms with Crippen LogP contribution in [0.1, 0.15) is 12.0 Å². The molecule has 0 bridgehead atoms. The molecule has 0 aliphatic carbocycles. The number of aromatic nitrogens is 2. The van der Waals surface area contributed by atoms with Gasteiger partial charge >= 0.3 is 0 Å². The molecule has 2 heterocycles. The van der Waals surface area contributed by atoms with Gasteiger partial charge in [-0.3, -0.25) is 0 Å². The quantitative estimate of drug-likeness (QED) is 0.719. The summed E-state index contributed by atoms with van der Waals surface area (Å²) in [5.41, 5.74) is 1.08. The second-order valence-corrected chi connectivity index (χ2v) is 3.30. The molecule has 1 saturated heterocycles. The maximum atomic E-state index is 5.62. The van der Waals surface area contributed by atoms with Crippen molar-refractivity contribution in [3.63, 3.8) is 0 Å². The first kappa shape index (κ1) is 8.44. The fourth-order valence-electron chi connectivity index (χ4n) is 1.39. The summed E-state index contributed by atoms with van der Waals surface area (Å²) in [6.07, 6.45) is 3.03. The zero-order valence-corrected chi connectivity index (χ0v) is 7.66. The van der Waals surface area contributed by atoms with Gasteiger partial charge in [-0.15, -0.1) is 5.10 Å². The SMILES string of the molecule is Cc1cnnc(OC2CCNC2)c1. The first-order valence-electron chi connectivity index (χ1n) is 4.51. The molecule has 0 radical (unpaired) electrons. The van der Waals surface area contributed by atoms with E-state index < -0.39 is 0 Å². The Balaban J connectivity index is 2.00. The van der Waals surface area contributed by atoms with Crippen molar-refractivity contribution < 1.29 is 4.74 Å². The fourth-order valence-corrected chi connectivity index (χ4v) is 1.39. The molecule has 0 saturated carbocycles. The lowest BCUT2D eigenvalue weighted by Gasteiger charge is -2.10. The van der Waals surface area contributed by atoms with Crippen LogP contribution in [-0.2, 0) is 0 Å². The van der Waals surface area contributed by atoms with Gasteiger partial charge in [0.1, 0.15) is 6.10 Å². The van der Waals surface area contributed by atoms with Gasteiger partial charge in [-0.2, -0.15) is 5.10 Å². The minimum atomic E-state index is 0.260. The molecular weight excluding hydrogens is 166 g/mol. The van der Waals surface area contributed by atoms with Gasteiger partial charge in [-0.1, -0.05) is 0 Å². The van der Waals surface area contributed by atoms with Crippen molar-refractivity contribution >= 4 is 0 Å². The highest BCUT2D eigenvalue weighted by atomic mass is 16.5. The van der Waals surface area contributed by atoms with Crippen LogP contribution < -0.4 is 10.1 Å². The zero-order chi connectivity index (χ0) is 9.10. The van der Waals surface area contributed by atoms with Crippen LogP contribution in [0.25, 0.3) is 0 Å². The highest BCUT2D eigenvalue weighted by Gasteiger charge is 2.16. The number of nitrogens with one attached hydrogen (secondary N) is 1. The topological polar surface area (TPSA) is 47.0 Å². The summed E-state index contributed by atoms with van der Waals surface area (Å²) in [6.45, 7) is 3.92. The zero-order valence-electron chi connectivity index (χ0n) is 7.66. The monoisotopic (exact) mass is 179 g/mol. The van der Waals surface area contributed by atoms with Crippen LogP contribution in [0.3, 0.4) is 0 Å². The molecule has 0 spiro atoms. The van der Waals surface area contributed by atoms with Crippen LogP contribution in [0.2, 0.25) is 0 Å². The van der Waals surface area contributed by atoms with Crippen LogP contribution in [0.5, 0.6) is 5.88 Å². The molecular formula is C9H13N3O. The average Bonchev–Trinajstić information content (AvgIpc) is 2.57. The van der Waals surface area contributed by atoms with Gasteiger partial charge in [0.15, 0.2) is 0 Å². The highest BCUT2D eigenvalue weighted by Crippen LogP contribution is 2.11. The van der Waals surface area contributed by atoms with Crippen LogP contribution in [0, 0.1) is 6.92 Å². The molecule has 1 atom stereocenters. The van der Waals surface area contributed by atoms with E-state index in [1.54, 1.807) is 6.20 Å². The van der Waals surface area contributed by atoms with Gasteiger partial charge < -0.3 is 10.1 Å². The molecule has 2 rings (SSSR count). The smallest absolute Gasteiger partial charge is 0.233 e. The van der Waals surface area contributed by atoms with Crippen molar-refractivity contribution in [2.75, 3.05) is 13.1 Å². The standard InChI is InChI=1S/C9H13N3O/c1-7-4-9(12-11-5-7)13-8-2-3-10-6-8/h4-5,8,10H,2-3,6H2,1H3. The summed E-state index contributed by atoms with van der Waals surface area (Å²) in [6, 6.07) is 1.91. The average molecular weight is 179 g/mol. The van der Waals surface area contributed by atoms with E-state index in [0.717, 1.165) is 25.1 Å². The maximum Gasteiger partial charge on any atom is 0.233 e. The molecule has 4 nitrogen and oxygen atoms in total. The molecule has 70 valence electrons. The molecule has 0 amide bonds. The Morgan fingerprint density at radius 2 is 2.54 bits per heavy atom. The third-order valence-electron chi connectivity index (χ3n) is 2.07. The maximum absolute atomic E-state index is 5.62.